The minimum Gasteiger partial charge on any atom is -0.354 e. The van der Waals surface area contributed by atoms with Crippen LogP contribution in [-0.4, -0.2) is 66.6 Å². The second kappa shape index (κ2) is 9.00. The quantitative estimate of drug-likeness (QED) is 0.824. The Morgan fingerprint density at radius 3 is 2.77 bits per heavy atom. The number of hydrogen-bond donors (Lipinski definition) is 1. The van der Waals surface area contributed by atoms with Crippen molar-refractivity contribution in [2.24, 2.45) is 0 Å². The molecule has 122 valence electrons. The second-order valence-electron chi connectivity index (χ2n) is 5.70. The van der Waals surface area contributed by atoms with E-state index in [9.17, 15) is 4.79 Å². The molecule has 1 aliphatic heterocycles. The Balaban J connectivity index is 1.70. The zero-order valence-corrected chi connectivity index (χ0v) is 14.3. The van der Waals surface area contributed by atoms with Crippen LogP contribution in [0.1, 0.15) is 13.3 Å². The van der Waals surface area contributed by atoms with Crippen LogP contribution < -0.4 is 10.2 Å². The number of anilines is 1. The minimum absolute atomic E-state index is 0.139. The number of carbonyl (C=O) groups is 1. The van der Waals surface area contributed by atoms with Gasteiger partial charge < -0.3 is 10.2 Å². The third kappa shape index (κ3) is 5.50. The van der Waals surface area contributed by atoms with Crippen molar-refractivity contribution < 1.29 is 4.79 Å². The molecule has 0 radical (unpaired) electrons. The fourth-order valence-electron chi connectivity index (χ4n) is 2.57. The van der Waals surface area contributed by atoms with E-state index in [-0.39, 0.29) is 11.9 Å². The van der Waals surface area contributed by atoms with E-state index in [4.69, 9.17) is 0 Å². The molecule has 0 bridgehead atoms. The molecule has 0 aromatic carbocycles. The van der Waals surface area contributed by atoms with Gasteiger partial charge in [-0.05, 0) is 37.5 Å². The Kier molecular flexibility index (Phi) is 6.99. The lowest BCUT2D eigenvalue weighted by molar-refractivity contribution is -0.122. The number of pyridine rings is 1. The van der Waals surface area contributed by atoms with Crippen LogP contribution in [0, 0.1) is 0 Å². The fourth-order valence-corrected chi connectivity index (χ4v) is 3.16. The summed E-state index contributed by atoms with van der Waals surface area (Å²) in [6, 6.07) is 6.24. The molecule has 1 atom stereocenters. The highest BCUT2D eigenvalue weighted by molar-refractivity contribution is 7.98. The summed E-state index contributed by atoms with van der Waals surface area (Å²) in [6.07, 6.45) is 4.95. The molecular formula is C16H26N4OS. The summed E-state index contributed by atoms with van der Waals surface area (Å²) in [6.45, 7) is 6.23. The summed E-state index contributed by atoms with van der Waals surface area (Å²) < 4.78 is 0. The summed E-state index contributed by atoms with van der Waals surface area (Å²) >= 11 is 1.82. The molecule has 1 unspecified atom stereocenters. The normalized spacial score (nSPS) is 17.3. The van der Waals surface area contributed by atoms with E-state index in [2.05, 4.69) is 33.3 Å². The SMILES string of the molecule is CSCCC(C)NC(=O)CN1CCN(c2ccccn2)CC1. The van der Waals surface area contributed by atoms with Crippen LogP contribution in [0.2, 0.25) is 0 Å². The Hall–Kier alpha value is -1.27. The van der Waals surface area contributed by atoms with E-state index in [0.29, 0.717) is 6.54 Å². The van der Waals surface area contributed by atoms with Crippen molar-refractivity contribution in [1.29, 1.82) is 0 Å². The number of aromatic nitrogens is 1. The molecule has 1 amide bonds. The molecule has 22 heavy (non-hydrogen) atoms. The van der Waals surface area contributed by atoms with E-state index >= 15 is 0 Å². The van der Waals surface area contributed by atoms with Gasteiger partial charge in [0.2, 0.25) is 5.91 Å². The molecule has 0 saturated carbocycles. The summed E-state index contributed by atoms with van der Waals surface area (Å²) in [5.41, 5.74) is 0. The lowest BCUT2D eigenvalue weighted by Crippen LogP contribution is -2.50. The van der Waals surface area contributed by atoms with E-state index in [1.54, 1.807) is 0 Å². The number of amides is 1. The van der Waals surface area contributed by atoms with Gasteiger partial charge in [0.05, 0.1) is 6.54 Å². The molecule has 2 heterocycles. The number of thioether (sulfide) groups is 1. The molecule has 1 aromatic heterocycles. The predicted molar refractivity (Wildman–Crippen MR) is 93.5 cm³/mol. The van der Waals surface area contributed by atoms with Crippen LogP contribution in [0.25, 0.3) is 0 Å². The van der Waals surface area contributed by atoms with E-state index in [1.807, 2.05) is 36.2 Å². The van der Waals surface area contributed by atoms with Gasteiger partial charge in [-0.2, -0.15) is 11.8 Å². The average Bonchev–Trinajstić information content (AvgIpc) is 2.54. The topological polar surface area (TPSA) is 48.5 Å². The van der Waals surface area contributed by atoms with Crippen molar-refractivity contribution in [1.82, 2.24) is 15.2 Å². The van der Waals surface area contributed by atoms with Gasteiger partial charge in [-0.15, -0.1) is 0 Å². The molecular weight excluding hydrogens is 296 g/mol. The van der Waals surface area contributed by atoms with Crippen molar-refractivity contribution in [3.05, 3.63) is 24.4 Å². The van der Waals surface area contributed by atoms with Gasteiger partial charge in [-0.1, -0.05) is 6.07 Å². The smallest absolute Gasteiger partial charge is 0.234 e. The average molecular weight is 322 g/mol. The molecule has 1 N–H and O–H groups in total. The summed E-state index contributed by atoms with van der Waals surface area (Å²) in [7, 11) is 0. The van der Waals surface area contributed by atoms with E-state index in [0.717, 1.165) is 44.2 Å². The molecule has 5 nitrogen and oxygen atoms in total. The molecule has 1 saturated heterocycles. The summed E-state index contributed by atoms with van der Waals surface area (Å²) in [5, 5.41) is 3.08. The van der Waals surface area contributed by atoms with Gasteiger partial charge in [-0.25, -0.2) is 4.98 Å². The molecule has 1 fully saturated rings. The Morgan fingerprint density at radius 1 is 1.36 bits per heavy atom. The van der Waals surface area contributed by atoms with Crippen LogP contribution in [0.15, 0.2) is 24.4 Å². The summed E-state index contributed by atoms with van der Waals surface area (Å²) in [4.78, 5) is 20.9. The van der Waals surface area contributed by atoms with Gasteiger partial charge in [0.15, 0.2) is 0 Å². The van der Waals surface area contributed by atoms with Crippen LogP contribution in [0.4, 0.5) is 5.82 Å². The highest BCUT2D eigenvalue weighted by Crippen LogP contribution is 2.12. The number of hydrogen-bond acceptors (Lipinski definition) is 5. The van der Waals surface area contributed by atoms with Gasteiger partial charge in [-0.3, -0.25) is 9.69 Å². The maximum Gasteiger partial charge on any atom is 0.234 e. The van der Waals surface area contributed by atoms with E-state index < -0.39 is 0 Å². The molecule has 0 spiro atoms. The van der Waals surface area contributed by atoms with Gasteiger partial charge in [0.25, 0.3) is 0 Å². The van der Waals surface area contributed by atoms with Crippen molar-refractivity contribution in [2.75, 3.05) is 49.6 Å². The van der Waals surface area contributed by atoms with Gasteiger partial charge in [0, 0.05) is 38.4 Å². The van der Waals surface area contributed by atoms with Crippen LogP contribution in [0.3, 0.4) is 0 Å². The number of carbonyl (C=O) groups excluding carboxylic acids is 1. The Bertz CT molecular complexity index is 449. The fraction of sp³-hybridized carbons (Fsp3) is 0.625. The molecule has 0 aliphatic carbocycles. The molecule has 2 rings (SSSR count). The monoisotopic (exact) mass is 322 g/mol. The first-order valence-corrected chi connectivity index (χ1v) is 9.25. The minimum atomic E-state index is 0.139. The first kappa shape index (κ1) is 17.1. The highest BCUT2D eigenvalue weighted by atomic mass is 32.2. The van der Waals surface area contributed by atoms with Gasteiger partial charge in [0.1, 0.15) is 5.82 Å². The summed E-state index contributed by atoms with van der Waals surface area (Å²) in [5.74, 6) is 2.25. The van der Waals surface area contributed by atoms with Crippen molar-refractivity contribution in [3.63, 3.8) is 0 Å². The van der Waals surface area contributed by atoms with Crippen molar-refractivity contribution in [2.45, 2.75) is 19.4 Å². The first-order valence-electron chi connectivity index (χ1n) is 7.85. The number of nitrogens with one attached hydrogen (secondary N) is 1. The third-order valence-electron chi connectivity index (χ3n) is 3.88. The van der Waals surface area contributed by atoms with E-state index in [1.165, 1.54) is 0 Å². The highest BCUT2D eigenvalue weighted by Gasteiger charge is 2.20. The molecule has 1 aliphatic rings. The lowest BCUT2D eigenvalue weighted by atomic mass is 10.2. The zero-order valence-electron chi connectivity index (χ0n) is 13.5. The number of piperazine rings is 1. The van der Waals surface area contributed by atoms with Crippen LogP contribution in [0.5, 0.6) is 0 Å². The second-order valence-corrected chi connectivity index (χ2v) is 6.69. The molecule has 6 heteroatoms. The van der Waals surface area contributed by atoms with Gasteiger partial charge >= 0.3 is 0 Å². The maximum absolute atomic E-state index is 12.1. The zero-order chi connectivity index (χ0) is 15.8. The largest absolute Gasteiger partial charge is 0.354 e. The first-order chi connectivity index (χ1) is 10.7. The van der Waals surface area contributed by atoms with Crippen molar-refractivity contribution in [3.8, 4) is 0 Å². The van der Waals surface area contributed by atoms with Crippen molar-refractivity contribution >= 4 is 23.5 Å². The standard InChI is InChI=1S/C16H26N4OS/c1-14(6-12-22-2)18-16(21)13-19-8-10-20(11-9-19)15-5-3-4-7-17-15/h3-5,7,14H,6,8-13H2,1-2H3,(H,18,21). The Morgan fingerprint density at radius 2 is 2.14 bits per heavy atom. The van der Waals surface area contributed by atoms with Crippen LogP contribution in [-0.2, 0) is 4.79 Å². The number of rotatable bonds is 7. The third-order valence-corrected chi connectivity index (χ3v) is 4.52. The predicted octanol–water partition coefficient (Wildman–Crippen LogP) is 1.46. The Labute approximate surface area is 137 Å². The molecule has 1 aromatic rings. The number of nitrogens with zero attached hydrogens (tertiary/aromatic N) is 3. The lowest BCUT2D eigenvalue weighted by Gasteiger charge is -2.35. The maximum atomic E-state index is 12.1. The van der Waals surface area contributed by atoms with Crippen LogP contribution >= 0.6 is 11.8 Å².